The summed E-state index contributed by atoms with van der Waals surface area (Å²) < 4.78 is 24.5. The Bertz CT molecular complexity index is 381. The van der Waals surface area contributed by atoms with Gasteiger partial charge in [-0.25, -0.2) is 18.6 Å². The molecule has 0 aliphatic carbocycles. The molecule has 0 aliphatic rings. The topological polar surface area (TPSA) is 96.4 Å². The van der Waals surface area contributed by atoms with Gasteiger partial charge in [-0.1, -0.05) is 0 Å². The van der Waals surface area contributed by atoms with E-state index in [0.29, 0.717) is 6.07 Å². The summed E-state index contributed by atoms with van der Waals surface area (Å²) in [5, 5.41) is 17.5. The molecule has 4 N–H and O–H groups in total. The van der Waals surface area contributed by atoms with Crippen LogP contribution in [-0.4, -0.2) is 21.2 Å². The summed E-state index contributed by atoms with van der Waals surface area (Å²) in [5.41, 5.74) is 3.33. The highest BCUT2D eigenvalue weighted by atomic mass is 19.3. The van der Waals surface area contributed by atoms with Crippen molar-refractivity contribution in [2.75, 3.05) is 5.73 Å². The van der Waals surface area contributed by atoms with Gasteiger partial charge < -0.3 is 15.9 Å². The first-order valence-electron chi connectivity index (χ1n) is 3.44. The molecule has 0 bridgehead atoms. The second kappa shape index (κ2) is 3.44. The van der Waals surface area contributed by atoms with Crippen molar-refractivity contribution in [1.82, 2.24) is 4.98 Å². The van der Waals surface area contributed by atoms with Gasteiger partial charge in [0.15, 0.2) is 11.6 Å². The summed E-state index contributed by atoms with van der Waals surface area (Å²) in [5.74, 6) is -2.75. The van der Waals surface area contributed by atoms with E-state index in [9.17, 15) is 13.6 Å². The number of nitrogens with two attached hydrogens (primary N) is 1. The first-order valence-corrected chi connectivity index (χ1v) is 3.44. The van der Waals surface area contributed by atoms with Crippen molar-refractivity contribution in [3.63, 3.8) is 0 Å². The van der Waals surface area contributed by atoms with Crippen LogP contribution in [0, 0.1) is 0 Å². The number of aromatic hydroxyl groups is 1. The van der Waals surface area contributed by atoms with E-state index in [1.54, 1.807) is 0 Å². The van der Waals surface area contributed by atoms with Gasteiger partial charge in [-0.3, -0.25) is 0 Å². The van der Waals surface area contributed by atoms with Crippen LogP contribution in [0.25, 0.3) is 0 Å². The van der Waals surface area contributed by atoms with Crippen LogP contribution >= 0.6 is 0 Å². The van der Waals surface area contributed by atoms with Gasteiger partial charge in [0.1, 0.15) is 5.69 Å². The summed E-state index contributed by atoms with van der Waals surface area (Å²) in [4.78, 5) is 13.6. The number of halogens is 2. The van der Waals surface area contributed by atoms with Crippen molar-refractivity contribution >= 4 is 11.8 Å². The number of alkyl halides is 2. The smallest absolute Gasteiger partial charge is 0.337 e. The van der Waals surface area contributed by atoms with E-state index < -0.39 is 35.2 Å². The average Bonchev–Trinajstić information content (AvgIpc) is 2.08. The minimum absolute atomic E-state index is 0.523. The average molecular weight is 204 g/mol. The highest BCUT2D eigenvalue weighted by Gasteiger charge is 2.21. The molecule has 0 saturated heterocycles. The number of carboxylic acids is 1. The second-order valence-corrected chi connectivity index (χ2v) is 2.43. The number of aromatic carboxylic acids is 1. The molecule has 1 rings (SSSR count). The predicted octanol–water partition coefficient (Wildman–Crippen LogP) is 1.01. The van der Waals surface area contributed by atoms with Crippen LogP contribution in [0.2, 0.25) is 0 Å². The number of carboxylic acid groups (broad SMARTS) is 1. The third-order valence-electron chi connectivity index (χ3n) is 1.50. The van der Waals surface area contributed by atoms with E-state index in [-0.39, 0.29) is 0 Å². The highest BCUT2D eigenvalue weighted by molar-refractivity contribution is 5.90. The Morgan fingerprint density at radius 3 is 2.57 bits per heavy atom. The van der Waals surface area contributed by atoms with Gasteiger partial charge in [0.05, 0.1) is 5.56 Å². The molecule has 76 valence electrons. The van der Waals surface area contributed by atoms with Crippen LogP contribution in [0.15, 0.2) is 6.07 Å². The zero-order chi connectivity index (χ0) is 10.9. The van der Waals surface area contributed by atoms with Crippen molar-refractivity contribution in [3.8, 4) is 5.75 Å². The molecule has 7 heteroatoms. The van der Waals surface area contributed by atoms with Gasteiger partial charge in [-0.15, -0.1) is 0 Å². The lowest BCUT2D eigenvalue weighted by Crippen LogP contribution is -2.07. The number of pyridine rings is 1. The van der Waals surface area contributed by atoms with E-state index >= 15 is 0 Å². The van der Waals surface area contributed by atoms with Crippen LogP contribution in [0.1, 0.15) is 22.5 Å². The molecule has 1 heterocycles. The molecule has 0 aliphatic heterocycles. The Morgan fingerprint density at radius 2 is 2.14 bits per heavy atom. The number of aromatic nitrogens is 1. The van der Waals surface area contributed by atoms with Gasteiger partial charge in [-0.05, 0) is 0 Å². The maximum atomic E-state index is 12.2. The lowest BCUT2D eigenvalue weighted by molar-refractivity contribution is 0.0682. The summed E-state index contributed by atoms with van der Waals surface area (Å²) >= 11 is 0. The largest absolute Gasteiger partial charge is 0.504 e. The number of anilines is 1. The van der Waals surface area contributed by atoms with Gasteiger partial charge in [0.2, 0.25) is 0 Å². The Kier molecular flexibility index (Phi) is 2.50. The van der Waals surface area contributed by atoms with Crippen molar-refractivity contribution < 1.29 is 23.8 Å². The number of rotatable bonds is 2. The van der Waals surface area contributed by atoms with E-state index in [0.717, 1.165) is 0 Å². The van der Waals surface area contributed by atoms with Crippen LogP contribution in [0.4, 0.5) is 14.6 Å². The maximum absolute atomic E-state index is 12.2. The Balaban J connectivity index is 3.39. The molecule has 0 aromatic carbocycles. The van der Waals surface area contributed by atoms with Gasteiger partial charge >= 0.3 is 5.97 Å². The van der Waals surface area contributed by atoms with Gasteiger partial charge in [-0.2, -0.15) is 0 Å². The number of nitrogen functional groups attached to an aromatic ring is 1. The quantitative estimate of drug-likeness (QED) is 0.667. The Labute approximate surface area is 76.8 Å². The number of hydrogen-bond acceptors (Lipinski definition) is 4. The summed E-state index contributed by atoms with van der Waals surface area (Å²) in [7, 11) is 0. The lowest BCUT2D eigenvalue weighted by atomic mass is 10.2. The second-order valence-electron chi connectivity index (χ2n) is 2.43. The lowest BCUT2D eigenvalue weighted by Gasteiger charge is -2.06. The highest BCUT2D eigenvalue weighted by Crippen LogP contribution is 2.27. The fraction of sp³-hybridized carbons (Fsp3) is 0.143. The fourth-order valence-electron chi connectivity index (χ4n) is 0.870. The summed E-state index contributed by atoms with van der Waals surface area (Å²) in [6.07, 6.45) is -3.05. The maximum Gasteiger partial charge on any atom is 0.337 e. The number of carbonyl (C=O) groups is 1. The molecule has 0 atom stereocenters. The first kappa shape index (κ1) is 10.2. The van der Waals surface area contributed by atoms with Crippen LogP contribution in [0.3, 0.4) is 0 Å². The standard InChI is InChI=1S/C7H6F2N2O3/c8-5(9)4-2(7(13)14)1-3(12)6(10)11-4/h1,5,12H,(H2,10,11)(H,13,14). The van der Waals surface area contributed by atoms with Crippen LogP contribution < -0.4 is 5.73 Å². The van der Waals surface area contributed by atoms with Crippen molar-refractivity contribution in [2.24, 2.45) is 0 Å². The number of hydrogen-bond donors (Lipinski definition) is 3. The van der Waals surface area contributed by atoms with Crippen LogP contribution in [-0.2, 0) is 0 Å². The van der Waals surface area contributed by atoms with E-state index in [2.05, 4.69) is 4.98 Å². The fourth-order valence-corrected chi connectivity index (χ4v) is 0.870. The first-order chi connectivity index (χ1) is 6.43. The molecular formula is C7H6F2N2O3. The number of nitrogens with zero attached hydrogens (tertiary/aromatic N) is 1. The molecule has 0 unspecified atom stereocenters. The minimum Gasteiger partial charge on any atom is -0.504 e. The Morgan fingerprint density at radius 1 is 1.57 bits per heavy atom. The summed E-state index contributed by atoms with van der Waals surface area (Å²) in [6, 6.07) is 0.645. The molecule has 0 amide bonds. The SMILES string of the molecule is Nc1nc(C(F)F)c(C(=O)O)cc1O. The summed E-state index contributed by atoms with van der Waals surface area (Å²) in [6.45, 7) is 0. The zero-order valence-corrected chi connectivity index (χ0v) is 6.74. The molecule has 0 saturated carbocycles. The molecule has 1 aromatic heterocycles. The van der Waals surface area contributed by atoms with Gasteiger partial charge in [0.25, 0.3) is 6.43 Å². The predicted molar refractivity (Wildman–Crippen MR) is 42.2 cm³/mol. The zero-order valence-electron chi connectivity index (χ0n) is 6.74. The third kappa shape index (κ3) is 1.70. The third-order valence-corrected chi connectivity index (χ3v) is 1.50. The minimum atomic E-state index is -3.05. The van der Waals surface area contributed by atoms with Crippen molar-refractivity contribution in [1.29, 1.82) is 0 Å². The van der Waals surface area contributed by atoms with Crippen molar-refractivity contribution in [2.45, 2.75) is 6.43 Å². The molecule has 0 fully saturated rings. The molecule has 14 heavy (non-hydrogen) atoms. The van der Waals surface area contributed by atoms with E-state index in [4.69, 9.17) is 15.9 Å². The molecule has 0 radical (unpaired) electrons. The molecule has 5 nitrogen and oxygen atoms in total. The molecular weight excluding hydrogens is 198 g/mol. The van der Waals surface area contributed by atoms with Crippen molar-refractivity contribution in [3.05, 3.63) is 17.3 Å². The molecule has 1 aromatic rings. The molecule has 0 spiro atoms. The van der Waals surface area contributed by atoms with Crippen LogP contribution in [0.5, 0.6) is 5.75 Å². The Hall–Kier alpha value is -1.92. The van der Waals surface area contributed by atoms with Gasteiger partial charge in [0, 0.05) is 6.07 Å². The normalized spacial score (nSPS) is 10.5. The van der Waals surface area contributed by atoms with E-state index in [1.165, 1.54) is 0 Å². The van der Waals surface area contributed by atoms with E-state index in [1.807, 2.05) is 0 Å². The monoisotopic (exact) mass is 204 g/mol.